The van der Waals surface area contributed by atoms with Gasteiger partial charge in [0.1, 0.15) is 5.82 Å². The van der Waals surface area contributed by atoms with Crippen LogP contribution in [0.25, 0.3) is 22.2 Å². The van der Waals surface area contributed by atoms with E-state index in [1.54, 1.807) is 0 Å². The lowest BCUT2D eigenvalue weighted by Crippen LogP contribution is -2.39. The average Bonchev–Trinajstić information content (AvgIpc) is 3.17. The fraction of sp³-hybridized carbons (Fsp3) is 0.261. The lowest BCUT2D eigenvalue weighted by atomic mass is 10.0. The van der Waals surface area contributed by atoms with Gasteiger partial charge in [-0.05, 0) is 31.0 Å². The van der Waals surface area contributed by atoms with Gasteiger partial charge in [-0.1, -0.05) is 56.3 Å². The van der Waals surface area contributed by atoms with Gasteiger partial charge in [-0.15, -0.1) is 0 Å². The normalized spacial score (nSPS) is 16.4. The van der Waals surface area contributed by atoms with E-state index in [4.69, 9.17) is 0 Å². The highest BCUT2D eigenvalue weighted by Crippen LogP contribution is 2.28. The second-order valence-corrected chi connectivity index (χ2v) is 7.34. The zero-order valence-corrected chi connectivity index (χ0v) is 15.9. The fourth-order valence-electron chi connectivity index (χ4n) is 3.72. The van der Waals surface area contributed by atoms with Crippen LogP contribution in [0.4, 0.5) is 0 Å². The molecule has 136 valence electrons. The molecule has 0 N–H and O–H groups in total. The molecule has 0 saturated carbocycles. The van der Waals surface area contributed by atoms with E-state index >= 15 is 0 Å². The van der Waals surface area contributed by atoms with Gasteiger partial charge < -0.3 is 4.90 Å². The van der Waals surface area contributed by atoms with Crippen molar-refractivity contribution in [2.45, 2.75) is 26.8 Å². The van der Waals surface area contributed by atoms with E-state index in [0.717, 1.165) is 28.0 Å². The highest BCUT2D eigenvalue weighted by molar-refractivity contribution is 5.98. The summed E-state index contributed by atoms with van der Waals surface area (Å²) >= 11 is 0. The number of aryl methyl sites for hydroxylation is 1. The van der Waals surface area contributed by atoms with Crippen LogP contribution in [0.3, 0.4) is 0 Å². The predicted octanol–water partition coefficient (Wildman–Crippen LogP) is 4.64. The van der Waals surface area contributed by atoms with Gasteiger partial charge in [0.2, 0.25) is 0 Å². The van der Waals surface area contributed by atoms with E-state index in [1.807, 2.05) is 60.4 Å². The molecule has 4 nitrogen and oxygen atoms in total. The first-order chi connectivity index (χ1) is 13.0. The van der Waals surface area contributed by atoms with Gasteiger partial charge in [-0.25, -0.2) is 9.97 Å². The number of carbonyl (C=O) groups is 1. The third kappa shape index (κ3) is 3.23. The molecule has 4 heteroatoms. The van der Waals surface area contributed by atoms with Crippen LogP contribution in [0.15, 0.2) is 60.7 Å². The van der Waals surface area contributed by atoms with Crippen molar-refractivity contribution in [3.8, 4) is 11.3 Å². The zero-order valence-electron chi connectivity index (χ0n) is 15.9. The Kier molecular flexibility index (Phi) is 4.48. The van der Waals surface area contributed by atoms with Crippen LogP contribution in [0.1, 0.15) is 30.0 Å². The molecule has 1 aliphatic rings. The summed E-state index contributed by atoms with van der Waals surface area (Å²) in [4.78, 5) is 24.2. The molecule has 0 bridgehead atoms. The molecule has 0 spiro atoms. The number of benzene rings is 2. The average molecular weight is 357 g/mol. The minimum absolute atomic E-state index is 0.0654. The smallest absolute Gasteiger partial charge is 0.254 e. The van der Waals surface area contributed by atoms with Crippen LogP contribution in [0.5, 0.6) is 0 Å². The lowest BCUT2D eigenvalue weighted by Gasteiger charge is -2.27. The van der Waals surface area contributed by atoms with Crippen molar-refractivity contribution in [1.82, 2.24) is 14.9 Å². The van der Waals surface area contributed by atoms with E-state index in [9.17, 15) is 4.79 Å². The molecule has 0 radical (unpaired) electrons. The van der Waals surface area contributed by atoms with Crippen molar-refractivity contribution >= 4 is 16.8 Å². The number of para-hydroxylation sites is 1. The summed E-state index contributed by atoms with van der Waals surface area (Å²) in [5, 5.41) is 0.996. The van der Waals surface area contributed by atoms with Crippen molar-refractivity contribution < 1.29 is 4.79 Å². The lowest BCUT2D eigenvalue weighted by molar-refractivity contribution is 0.0720. The second-order valence-electron chi connectivity index (χ2n) is 7.34. The molecule has 0 aliphatic carbocycles. The molecule has 0 fully saturated rings. The largest absolute Gasteiger partial charge is 0.328 e. The summed E-state index contributed by atoms with van der Waals surface area (Å²) in [6.07, 6.45) is 4.21. The second kappa shape index (κ2) is 6.95. The molecule has 4 rings (SSSR count). The molecular weight excluding hydrogens is 334 g/mol. The molecule has 0 unspecified atom stereocenters. The minimum Gasteiger partial charge on any atom is -0.328 e. The van der Waals surface area contributed by atoms with Crippen molar-refractivity contribution in [3.05, 3.63) is 72.1 Å². The van der Waals surface area contributed by atoms with E-state index in [2.05, 4.69) is 36.0 Å². The predicted molar refractivity (Wildman–Crippen MR) is 109 cm³/mol. The number of rotatable bonds is 3. The van der Waals surface area contributed by atoms with Crippen LogP contribution >= 0.6 is 0 Å². The Hall–Kier alpha value is -3.01. The van der Waals surface area contributed by atoms with E-state index < -0.39 is 0 Å². The van der Waals surface area contributed by atoms with Gasteiger partial charge in [0.05, 0.1) is 17.3 Å². The monoisotopic (exact) mass is 357 g/mol. The molecule has 2 aromatic carbocycles. The van der Waals surface area contributed by atoms with Crippen molar-refractivity contribution in [2.24, 2.45) is 5.92 Å². The minimum atomic E-state index is 0.0654. The summed E-state index contributed by atoms with van der Waals surface area (Å²) in [5.74, 6) is 1.18. The summed E-state index contributed by atoms with van der Waals surface area (Å²) in [7, 11) is 0. The third-order valence-electron chi connectivity index (χ3n) is 5.04. The van der Waals surface area contributed by atoms with Gasteiger partial charge in [0.15, 0.2) is 0 Å². The van der Waals surface area contributed by atoms with Gasteiger partial charge in [0.25, 0.3) is 5.91 Å². The maximum absolute atomic E-state index is 13.1. The zero-order chi connectivity index (χ0) is 19.0. The van der Waals surface area contributed by atoms with Crippen LogP contribution < -0.4 is 0 Å². The Morgan fingerprint density at radius 3 is 2.74 bits per heavy atom. The van der Waals surface area contributed by atoms with Gasteiger partial charge in [-0.3, -0.25) is 4.79 Å². The molecule has 27 heavy (non-hydrogen) atoms. The first-order valence-electron chi connectivity index (χ1n) is 9.36. The third-order valence-corrected chi connectivity index (χ3v) is 5.04. The maximum atomic E-state index is 13.1. The number of amides is 1. The molecule has 0 saturated heterocycles. The molecule has 1 aliphatic heterocycles. The van der Waals surface area contributed by atoms with Crippen molar-refractivity contribution in [1.29, 1.82) is 0 Å². The highest BCUT2D eigenvalue weighted by atomic mass is 16.2. The number of hydrogen-bond donors (Lipinski definition) is 0. The van der Waals surface area contributed by atoms with Crippen LogP contribution in [-0.2, 0) is 0 Å². The van der Waals surface area contributed by atoms with Crippen LogP contribution in [-0.4, -0.2) is 33.4 Å². The quantitative estimate of drug-likeness (QED) is 0.642. The molecule has 3 aromatic rings. The number of carbonyl (C=O) groups excluding carboxylic acids is 1. The first-order valence-corrected chi connectivity index (χ1v) is 9.36. The van der Waals surface area contributed by atoms with E-state index in [0.29, 0.717) is 18.0 Å². The van der Waals surface area contributed by atoms with Gasteiger partial charge in [0, 0.05) is 23.1 Å². The summed E-state index contributed by atoms with van der Waals surface area (Å²) in [5.41, 5.74) is 3.42. The van der Waals surface area contributed by atoms with Crippen molar-refractivity contribution in [2.75, 3.05) is 6.54 Å². The van der Waals surface area contributed by atoms with E-state index in [1.165, 1.54) is 0 Å². The number of fused-ring (bicyclic) bond motifs is 1. The molecular formula is C23H23N3O. The Labute approximate surface area is 159 Å². The first kappa shape index (κ1) is 17.4. The SMILES string of the molecule is Cc1nc(-c2cccc(C(=O)N3CC=C[C@H]3C(C)C)c2)c2ccccc2n1. The summed E-state index contributed by atoms with van der Waals surface area (Å²) in [6.45, 7) is 6.86. The molecule has 1 atom stereocenters. The molecule has 1 amide bonds. The van der Waals surface area contributed by atoms with Gasteiger partial charge >= 0.3 is 0 Å². The molecule has 2 heterocycles. The maximum Gasteiger partial charge on any atom is 0.254 e. The standard InChI is InChI=1S/C23H23N3O/c1-15(2)21-12-7-13-26(21)23(27)18-9-6-8-17(14-18)22-19-10-4-5-11-20(19)24-16(3)25-22/h4-12,14-15,21H,13H2,1-3H3/t21-/m0/s1. The van der Waals surface area contributed by atoms with Crippen molar-refractivity contribution in [3.63, 3.8) is 0 Å². The number of aromatic nitrogens is 2. The number of hydrogen-bond acceptors (Lipinski definition) is 3. The Morgan fingerprint density at radius 1 is 1.11 bits per heavy atom. The fourth-order valence-corrected chi connectivity index (χ4v) is 3.72. The highest BCUT2D eigenvalue weighted by Gasteiger charge is 2.28. The number of nitrogens with zero attached hydrogens (tertiary/aromatic N) is 3. The molecule has 1 aromatic heterocycles. The summed E-state index contributed by atoms with van der Waals surface area (Å²) in [6, 6.07) is 15.9. The Balaban J connectivity index is 1.75. The summed E-state index contributed by atoms with van der Waals surface area (Å²) < 4.78 is 0. The Bertz CT molecular complexity index is 1040. The Morgan fingerprint density at radius 2 is 1.93 bits per heavy atom. The van der Waals surface area contributed by atoms with Crippen LogP contribution in [0.2, 0.25) is 0 Å². The topological polar surface area (TPSA) is 46.1 Å². The van der Waals surface area contributed by atoms with Gasteiger partial charge in [-0.2, -0.15) is 0 Å². The van der Waals surface area contributed by atoms with E-state index in [-0.39, 0.29) is 11.9 Å². The van der Waals surface area contributed by atoms with Crippen LogP contribution in [0, 0.1) is 12.8 Å².